The molecule has 0 radical (unpaired) electrons. The van der Waals surface area contributed by atoms with E-state index in [0.29, 0.717) is 25.2 Å². The summed E-state index contributed by atoms with van der Waals surface area (Å²) in [5, 5.41) is 11.1. The van der Waals surface area contributed by atoms with Gasteiger partial charge in [-0.05, 0) is 80.6 Å². The molecule has 0 spiro atoms. The van der Waals surface area contributed by atoms with Crippen molar-refractivity contribution in [2.24, 2.45) is 11.3 Å². The summed E-state index contributed by atoms with van der Waals surface area (Å²) < 4.78 is 17.4. The monoisotopic (exact) mass is 454 g/mol. The molecule has 3 aliphatic rings. The van der Waals surface area contributed by atoms with E-state index in [9.17, 15) is 9.90 Å². The quantitative estimate of drug-likeness (QED) is 0.491. The van der Waals surface area contributed by atoms with Gasteiger partial charge in [0, 0.05) is 5.57 Å². The number of aliphatic hydroxyl groups excluding tert-OH is 1. The van der Waals surface area contributed by atoms with Crippen molar-refractivity contribution in [2.45, 2.75) is 84.2 Å². The lowest BCUT2D eigenvalue weighted by Gasteiger charge is -2.45. The lowest BCUT2D eigenvalue weighted by molar-refractivity contribution is -0.118. The second-order valence-corrected chi connectivity index (χ2v) is 10.6. The van der Waals surface area contributed by atoms with Crippen LogP contribution in [0.25, 0.3) is 0 Å². The number of hydrogen-bond donors (Lipinski definition) is 1. The highest BCUT2D eigenvalue weighted by atomic mass is 16.6. The van der Waals surface area contributed by atoms with Crippen LogP contribution in [0.15, 0.2) is 47.1 Å². The number of hydrogen-bond acceptors (Lipinski definition) is 5. The van der Waals surface area contributed by atoms with E-state index in [1.54, 1.807) is 7.11 Å². The predicted molar refractivity (Wildman–Crippen MR) is 128 cm³/mol. The van der Waals surface area contributed by atoms with Gasteiger partial charge in [0.25, 0.3) is 0 Å². The third-order valence-corrected chi connectivity index (χ3v) is 8.25. The fourth-order valence-electron chi connectivity index (χ4n) is 5.53. The summed E-state index contributed by atoms with van der Waals surface area (Å²) >= 11 is 0. The molecule has 1 N–H and O–H groups in total. The van der Waals surface area contributed by atoms with Gasteiger partial charge in [-0.2, -0.15) is 0 Å². The number of Topliss-reactive ketones (excluding diaryl/α,β-unsaturated/α-hetero) is 1. The van der Waals surface area contributed by atoms with Crippen LogP contribution in [0.1, 0.15) is 65.4 Å². The van der Waals surface area contributed by atoms with Crippen LogP contribution in [0.4, 0.5) is 0 Å². The fourth-order valence-corrected chi connectivity index (χ4v) is 5.53. The van der Waals surface area contributed by atoms with Crippen molar-refractivity contribution in [3.8, 4) is 5.75 Å². The number of fused-ring (bicyclic) bond motifs is 2. The summed E-state index contributed by atoms with van der Waals surface area (Å²) in [7, 11) is 1.65. The van der Waals surface area contributed by atoms with Crippen LogP contribution in [0, 0.1) is 11.3 Å². The normalized spacial score (nSPS) is 34.7. The molecule has 5 heteroatoms. The fraction of sp³-hybridized carbons (Fsp3) is 0.607. The number of epoxide rings is 1. The number of carbonyl (C=O) groups excluding carboxylic acids is 1. The molecule has 1 aromatic carbocycles. The third-order valence-electron chi connectivity index (χ3n) is 8.25. The van der Waals surface area contributed by atoms with Gasteiger partial charge in [0.15, 0.2) is 5.78 Å². The van der Waals surface area contributed by atoms with Crippen LogP contribution in [-0.2, 0) is 20.9 Å². The minimum Gasteiger partial charge on any atom is -0.497 e. The molecule has 5 nitrogen and oxygen atoms in total. The zero-order valence-corrected chi connectivity index (χ0v) is 20.6. The van der Waals surface area contributed by atoms with Gasteiger partial charge in [-0.15, -0.1) is 0 Å². The SMILES string of the molecule is COc1ccc(COCC2=C3C(=O)[C@H]4O[C@]4(C)CCC=C(C)CC[C@@]2(C)[C@H](C)C[C@@H]3O)cc1. The lowest BCUT2D eigenvalue weighted by Crippen LogP contribution is -2.43. The van der Waals surface area contributed by atoms with Crippen molar-refractivity contribution in [1.82, 2.24) is 0 Å². The Bertz CT molecular complexity index is 946. The maximum atomic E-state index is 13.6. The Kier molecular flexibility index (Phi) is 6.86. The summed E-state index contributed by atoms with van der Waals surface area (Å²) in [6.45, 7) is 9.41. The summed E-state index contributed by atoms with van der Waals surface area (Å²) in [6, 6.07) is 7.81. The first-order valence-corrected chi connectivity index (χ1v) is 12.2. The van der Waals surface area contributed by atoms with Crippen LogP contribution in [0.3, 0.4) is 0 Å². The molecule has 1 heterocycles. The van der Waals surface area contributed by atoms with E-state index in [1.807, 2.05) is 31.2 Å². The number of ether oxygens (including phenoxy) is 3. The molecule has 33 heavy (non-hydrogen) atoms. The van der Waals surface area contributed by atoms with E-state index in [2.05, 4.69) is 26.8 Å². The van der Waals surface area contributed by atoms with E-state index < -0.39 is 17.8 Å². The highest BCUT2D eigenvalue weighted by Crippen LogP contribution is 2.51. The average Bonchev–Trinajstić information content (AvgIpc) is 3.46. The largest absolute Gasteiger partial charge is 0.497 e. The van der Waals surface area contributed by atoms with Crippen molar-refractivity contribution in [1.29, 1.82) is 0 Å². The van der Waals surface area contributed by atoms with E-state index >= 15 is 0 Å². The van der Waals surface area contributed by atoms with Gasteiger partial charge in [-0.1, -0.05) is 37.6 Å². The second kappa shape index (κ2) is 9.36. The maximum Gasteiger partial charge on any atom is 0.193 e. The number of methoxy groups -OCH3 is 1. The molecule has 0 aromatic heterocycles. The van der Waals surface area contributed by atoms with Crippen molar-refractivity contribution in [2.75, 3.05) is 13.7 Å². The molecule has 0 amide bonds. The third kappa shape index (κ3) is 4.82. The standard InChI is InChI=1S/C28H38O5/c1-18-7-6-13-28(4)26(33-28)25(30)24-22(27(3,14-12-18)19(2)15-23(24)29)17-32-16-20-8-10-21(31-5)11-9-20/h7-11,19,23,26,29H,6,12-17H2,1-5H3/t19-,23+,26-,27+,28-/m1/s1. The second-order valence-electron chi connectivity index (χ2n) is 10.6. The molecule has 0 unspecified atom stereocenters. The van der Waals surface area contributed by atoms with Gasteiger partial charge in [0.1, 0.15) is 17.5 Å². The Morgan fingerprint density at radius 2 is 1.88 bits per heavy atom. The Hall–Kier alpha value is -1.95. The van der Waals surface area contributed by atoms with Crippen molar-refractivity contribution >= 4 is 5.78 Å². The minimum atomic E-state index is -0.770. The summed E-state index contributed by atoms with van der Waals surface area (Å²) in [4.78, 5) is 13.6. The number of ketones is 1. The number of allylic oxidation sites excluding steroid dienone is 2. The van der Waals surface area contributed by atoms with Crippen LogP contribution < -0.4 is 4.74 Å². The minimum absolute atomic E-state index is 0.0487. The smallest absolute Gasteiger partial charge is 0.193 e. The van der Waals surface area contributed by atoms with Crippen LogP contribution in [0.5, 0.6) is 5.75 Å². The van der Waals surface area contributed by atoms with Gasteiger partial charge in [0.2, 0.25) is 0 Å². The molecule has 5 atom stereocenters. The zero-order chi connectivity index (χ0) is 23.8. The van der Waals surface area contributed by atoms with E-state index in [0.717, 1.165) is 42.6 Å². The Morgan fingerprint density at radius 1 is 1.15 bits per heavy atom. The first-order chi connectivity index (χ1) is 15.7. The predicted octanol–water partition coefficient (Wildman–Crippen LogP) is 5.16. The summed E-state index contributed by atoms with van der Waals surface area (Å²) in [5.74, 6) is 1.00. The number of benzene rings is 1. The number of aliphatic hydroxyl groups is 1. The Morgan fingerprint density at radius 3 is 2.58 bits per heavy atom. The number of carbonyl (C=O) groups is 1. The molecule has 2 bridgehead atoms. The highest BCUT2D eigenvalue weighted by molar-refractivity contribution is 6.03. The molecule has 1 aliphatic heterocycles. The Labute approximate surface area is 197 Å². The van der Waals surface area contributed by atoms with Crippen LogP contribution in [0.2, 0.25) is 0 Å². The van der Waals surface area contributed by atoms with E-state index in [1.165, 1.54) is 5.57 Å². The summed E-state index contributed by atoms with van der Waals surface area (Å²) in [6.07, 6.45) is 5.29. The van der Waals surface area contributed by atoms with Gasteiger partial charge in [-0.3, -0.25) is 4.79 Å². The van der Waals surface area contributed by atoms with Gasteiger partial charge >= 0.3 is 0 Å². The van der Waals surface area contributed by atoms with Gasteiger partial charge < -0.3 is 19.3 Å². The Balaban J connectivity index is 1.65. The first-order valence-electron chi connectivity index (χ1n) is 12.2. The van der Waals surface area contributed by atoms with Crippen LogP contribution in [-0.4, -0.2) is 42.4 Å². The summed E-state index contributed by atoms with van der Waals surface area (Å²) in [5.41, 5.74) is 3.27. The average molecular weight is 455 g/mol. The molecule has 1 saturated heterocycles. The molecule has 1 fully saturated rings. The van der Waals surface area contributed by atoms with E-state index in [-0.39, 0.29) is 17.1 Å². The molecule has 180 valence electrons. The molecule has 2 aliphatic carbocycles. The first kappa shape index (κ1) is 24.2. The topological polar surface area (TPSA) is 68.3 Å². The van der Waals surface area contributed by atoms with Crippen LogP contribution >= 0.6 is 0 Å². The highest BCUT2D eigenvalue weighted by Gasteiger charge is 2.58. The van der Waals surface area contributed by atoms with Crippen molar-refractivity contribution in [3.05, 3.63) is 52.6 Å². The molecular weight excluding hydrogens is 416 g/mol. The van der Waals surface area contributed by atoms with Gasteiger partial charge in [-0.25, -0.2) is 0 Å². The lowest BCUT2D eigenvalue weighted by atomic mass is 9.61. The van der Waals surface area contributed by atoms with E-state index in [4.69, 9.17) is 14.2 Å². The maximum absolute atomic E-state index is 13.6. The molecule has 1 aromatic rings. The van der Waals surface area contributed by atoms with Crippen molar-refractivity contribution < 1.29 is 24.1 Å². The molecular formula is C28H38O5. The molecule has 4 rings (SSSR count). The number of rotatable bonds is 5. The zero-order valence-electron chi connectivity index (χ0n) is 20.6. The van der Waals surface area contributed by atoms with Gasteiger partial charge in [0.05, 0.1) is 26.4 Å². The molecule has 0 saturated carbocycles. The van der Waals surface area contributed by atoms with Crippen molar-refractivity contribution in [3.63, 3.8) is 0 Å².